The van der Waals surface area contributed by atoms with E-state index in [2.05, 4.69) is 11.8 Å². The normalized spacial score (nSPS) is 9.75. The lowest BCUT2D eigenvalue weighted by Gasteiger charge is -2.09. The van der Waals surface area contributed by atoms with Crippen LogP contribution < -0.4 is 10.5 Å². The molecular formula is C16H13F2NO. The van der Waals surface area contributed by atoms with Crippen molar-refractivity contribution in [3.05, 3.63) is 65.2 Å². The number of ether oxygens (including phenoxy) is 1. The summed E-state index contributed by atoms with van der Waals surface area (Å²) in [7, 11) is 0. The molecule has 0 aromatic heterocycles. The van der Waals surface area contributed by atoms with E-state index in [0.717, 1.165) is 0 Å². The van der Waals surface area contributed by atoms with E-state index in [1.807, 2.05) is 0 Å². The zero-order valence-corrected chi connectivity index (χ0v) is 10.7. The summed E-state index contributed by atoms with van der Waals surface area (Å²) in [5, 5.41) is 0. The molecule has 0 amide bonds. The molecule has 2 aromatic rings. The Balaban J connectivity index is 2.20. The lowest BCUT2D eigenvalue weighted by molar-refractivity contribution is 0.297. The third kappa shape index (κ3) is 3.56. The SMILES string of the molecule is NCC#Cc1ccc(F)cc1OCc1ccccc1F. The van der Waals surface area contributed by atoms with Gasteiger partial charge in [0.25, 0.3) is 0 Å². The second-order valence-corrected chi connectivity index (χ2v) is 4.03. The second kappa shape index (κ2) is 6.69. The Labute approximate surface area is 116 Å². The third-order valence-corrected chi connectivity index (χ3v) is 2.61. The average Bonchev–Trinajstić information content (AvgIpc) is 2.45. The van der Waals surface area contributed by atoms with Crippen LogP contribution in [0.15, 0.2) is 42.5 Å². The molecule has 0 aliphatic heterocycles. The first kappa shape index (κ1) is 14.0. The van der Waals surface area contributed by atoms with Crippen LogP contribution in [0, 0.1) is 23.5 Å². The van der Waals surface area contributed by atoms with Gasteiger partial charge < -0.3 is 10.5 Å². The lowest BCUT2D eigenvalue weighted by atomic mass is 10.2. The first-order valence-corrected chi connectivity index (χ1v) is 6.05. The van der Waals surface area contributed by atoms with Gasteiger partial charge in [0.15, 0.2) is 0 Å². The van der Waals surface area contributed by atoms with Crippen molar-refractivity contribution in [3.63, 3.8) is 0 Å². The van der Waals surface area contributed by atoms with Crippen molar-refractivity contribution < 1.29 is 13.5 Å². The number of hydrogen-bond donors (Lipinski definition) is 1. The van der Waals surface area contributed by atoms with Crippen LogP contribution in [0.1, 0.15) is 11.1 Å². The van der Waals surface area contributed by atoms with Crippen molar-refractivity contribution in [2.75, 3.05) is 6.54 Å². The number of halogens is 2. The summed E-state index contributed by atoms with van der Waals surface area (Å²) >= 11 is 0. The van der Waals surface area contributed by atoms with Crippen molar-refractivity contribution in [2.24, 2.45) is 5.73 Å². The zero-order chi connectivity index (χ0) is 14.4. The minimum atomic E-state index is -0.438. The van der Waals surface area contributed by atoms with E-state index in [9.17, 15) is 8.78 Å². The zero-order valence-electron chi connectivity index (χ0n) is 10.7. The molecule has 2 N–H and O–H groups in total. The predicted octanol–water partition coefficient (Wildman–Crippen LogP) is 2.85. The molecule has 2 nitrogen and oxygen atoms in total. The van der Waals surface area contributed by atoms with E-state index < -0.39 is 5.82 Å². The smallest absolute Gasteiger partial charge is 0.138 e. The fourth-order valence-corrected chi connectivity index (χ4v) is 1.64. The Kier molecular flexibility index (Phi) is 4.70. The molecular weight excluding hydrogens is 260 g/mol. The topological polar surface area (TPSA) is 35.2 Å². The van der Waals surface area contributed by atoms with Gasteiger partial charge in [0.2, 0.25) is 0 Å². The maximum Gasteiger partial charge on any atom is 0.138 e. The van der Waals surface area contributed by atoms with Gasteiger partial charge in [-0.05, 0) is 18.2 Å². The Morgan fingerprint density at radius 2 is 1.90 bits per heavy atom. The van der Waals surface area contributed by atoms with Crippen molar-refractivity contribution in [3.8, 4) is 17.6 Å². The molecule has 0 saturated carbocycles. The summed E-state index contributed by atoms with van der Waals surface area (Å²) in [5.74, 6) is 4.94. The molecule has 2 rings (SSSR count). The van der Waals surface area contributed by atoms with E-state index in [-0.39, 0.29) is 24.7 Å². The van der Waals surface area contributed by atoms with Crippen LogP contribution >= 0.6 is 0 Å². The van der Waals surface area contributed by atoms with Gasteiger partial charge in [0.1, 0.15) is 24.0 Å². The second-order valence-electron chi connectivity index (χ2n) is 4.03. The van der Waals surface area contributed by atoms with Crippen molar-refractivity contribution >= 4 is 0 Å². The van der Waals surface area contributed by atoms with Crippen LogP contribution in [0.2, 0.25) is 0 Å². The molecule has 102 valence electrons. The molecule has 0 fully saturated rings. The highest BCUT2D eigenvalue weighted by molar-refractivity contribution is 5.46. The summed E-state index contributed by atoms with van der Waals surface area (Å²) in [6.07, 6.45) is 0. The first-order chi connectivity index (χ1) is 9.70. The molecule has 0 radical (unpaired) electrons. The number of hydrogen-bond acceptors (Lipinski definition) is 2. The van der Waals surface area contributed by atoms with Crippen molar-refractivity contribution in [1.29, 1.82) is 0 Å². The highest BCUT2D eigenvalue weighted by Gasteiger charge is 2.06. The third-order valence-electron chi connectivity index (χ3n) is 2.61. The Bertz CT molecular complexity index is 659. The predicted molar refractivity (Wildman–Crippen MR) is 73.1 cm³/mol. The molecule has 0 spiro atoms. The Morgan fingerprint density at radius 3 is 2.65 bits per heavy atom. The van der Waals surface area contributed by atoms with Gasteiger partial charge in [-0.3, -0.25) is 0 Å². The van der Waals surface area contributed by atoms with Crippen LogP contribution in [0.3, 0.4) is 0 Å². The molecule has 0 aliphatic carbocycles. The fraction of sp³-hybridized carbons (Fsp3) is 0.125. The molecule has 0 bridgehead atoms. The van der Waals surface area contributed by atoms with Crippen LogP contribution in [-0.2, 0) is 6.61 Å². The molecule has 0 unspecified atom stereocenters. The summed E-state index contributed by atoms with van der Waals surface area (Å²) in [4.78, 5) is 0. The van der Waals surface area contributed by atoms with Crippen molar-refractivity contribution in [1.82, 2.24) is 0 Å². The fourth-order valence-electron chi connectivity index (χ4n) is 1.64. The highest BCUT2D eigenvalue weighted by Crippen LogP contribution is 2.21. The maximum atomic E-state index is 13.5. The van der Waals surface area contributed by atoms with E-state index in [1.165, 1.54) is 24.3 Å². The summed E-state index contributed by atoms with van der Waals surface area (Å²) in [6, 6.07) is 10.3. The van der Waals surface area contributed by atoms with Gasteiger partial charge in [0.05, 0.1) is 12.1 Å². The van der Waals surface area contributed by atoms with Gasteiger partial charge in [0, 0.05) is 11.6 Å². The van der Waals surface area contributed by atoms with Crippen LogP contribution in [-0.4, -0.2) is 6.54 Å². The highest BCUT2D eigenvalue weighted by atomic mass is 19.1. The van der Waals surface area contributed by atoms with Crippen LogP contribution in [0.4, 0.5) is 8.78 Å². The quantitative estimate of drug-likeness (QED) is 0.873. The average molecular weight is 273 g/mol. The molecule has 0 heterocycles. The monoisotopic (exact) mass is 273 g/mol. The maximum absolute atomic E-state index is 13.5. The molecule has 0 aliphatic rings. The summed E-state index contributed by atoms with van der Waals surface area (Å²) in [5.41, 5.74) is 6.22. The van der Waals surface area contributed by atoms with Gasteiger partial charge in [-0.15, -0.1) is 0 Å². The minimum absolute atomic E-state index is 0.00737. The number of rotatable bonds is 3. The lowest BCUT2D eigenvalue weighted by Crippen LogP contribution is -2.00. The Morgan fingerprint density at radius 1 is 1.10 bits per heavy atom. The van der Waals surface area contributed by atoms with E-state index in [4.69, 9.17) is 10.5 Å². The Hall–Kier alpha value is -2.38. The van der Waals surface area contributed by atoms with Gasteiger partial charge in [-0.2, -0.15) is 0 Å². The van der Waals surface area contributed by atoms with E-state index in [0.29, 0.717) is 11.1 Å². The number of benzene rings is 2. The van der Waals surface area contributed by atoms with E-state index >= 15 is 0 Å². The van der Waals surface area contributed by atoms with Gasteiger partial charge in [-0.25, -0.2) is 8.78 Å². The molecule has 2 aromatic carbocycles. The summed E-state index contributed by atoms with van der Waals surface area (Å²) < 4.78 is 32.2. The molecule has 0 saturated heterocycles. The molecule has 20 heavy (non-hydrogen) atoms. The summed E-state index contributed by atoms with van der Waals surface area (Å²) in [6.45, 7) is 0.206. The van der Waals surface area contributed by atoms with Gasteiger partial charge in [-0.1, -0.05) is 30.0 Å². The number of nitrogens with two attached hydrogens (primary N) is 1. The van der Waals surface area contributed by atoms with E-state index in [1.54, 1.807) is 18.2 Å². The van der Waals surface area contributed by atoms with Crippen LogP contribution in [0.25, 0.3) is 0 Å². The standard InChI is InChI=1S/C16H13F2NO/c17-14-8-7-12(5-3-9-19)16(10-14)20-11-13-4-1-2-6-15(13)18/h1-2,4,6-8,10H,9,11,19H2. The molecule has 4 heteroatoms. The molecule has 0 atom stereocenters. The van der Waals surface area contributed by atoms with Gasteiger partial charge >= 0.3 is 0 Å². The largest absolute Gasteiger partial charge is 0.487 e. The van der Waals surface area contributed by atoms with Crippen LogP contribution in [0.5, 0.6) is 5.75 Å². The first-order valence-electron chi connectivity index (χ1n) is 6.05. The van der Waals surface area contributed by atoms with Crippen molar-refractivity contribution in [2.45, 2.75) is 6.61 Å². The minimum Gasteiger partial charge on any atom is -0.487 e.